The summed E-state index contributed by atoms with van der Waals surface area (Å²) in [5.41, 5.74) is 7.26. The van der Waals surface area contributed by atoms with Gasteiger partial charge in [-0.15, -0.1) is 0 Å². The van der Waals surface area contributed by atoms with E-state index in [0.717, 1.165) is 18.7 Å². The molecule has 0 heterocycles. The minimum atomic E-state index is -0.982. The SMILES string of the molecule is CCCN(c1cccc(C(=O)O)c1N)C(C)C. The van der Waals surface area contributed by atoms with Crippen molar-refractivity contribution in [2.45, 2.75) is 33.2 Å². The minimum Gasteiger partial charge on any atom is -0.478 e. The lowest BCUT2D eigenvalue weighted by Gasteiger charge is -2.30. The van der Waals surface area contributed by atoms with Crippen molar-refractivity contribution in [1.82, 2.24) is 0 Å². The van der Waals surface area contributed by atoms with Gasteiger partial charge in [-0.25, -0.2) is 4.79 Å². The molecule has 0 spiro atoms. The van der Waals surface area contributed by atoms with E-state index in [4.69, 9.17) is 10.8 Å². The topological polar surface area (TPSA) is 66.6 Å². The maximum atomic E-state index is 11.0. The van der Waals surface area contributed by atoms with Gasteiger partial charge in [0.25, 0.3) is 0 Å². The highest BCUT2D eigenvalue weighted by Crippen LogP contribution is 2.28. The van der Waals surface area contributed by atoms with Crippen LogP contribution in [0.5, 0.6) is 0 Å². The number of anilines is 2. The number of nitrogen functional groups attached to an aromatic ring is 1. The fourth-order valence-corrected chi connectivity index (χ4v) is 1.89. The van der Waals surface area contributed by atoms with Crippen molar-refractivity contribution >= 4 is 17.3 Å². The number of nitrogens with two attached hydrogens (primary N) is 1. The van der Waals surface area contributed by atoms with Gasteiger partial charge in [0.15, 0.2) is 0 Å². The number of aromatic carboxylic acids is 1. The molecule has 0 aromatic heterocycles. The van der Waals surface area contributed by atoms with E-state index in [1.54, 1.807) is 6.07 Å². The van der Waals surface area contributed by atoms with Gasteiger partial charge in [-0.1, -0.05) is 13.0 Å². The lowest BCUT2D eigenvalue weighted by molar-refractivity contribution is 0.0698. The van der Waals surface area contributed by atoms with Crippen LogP contribution in [0.3, 0.4) is 0 Å². The zero-order valence-electron chi connectivity index (χ0n) is 10.6. The molecule has 1 aromatic carbocycles. The van der Waals surface area contributed by atoms with E-state index < -0.39 is 5.97 Å². The predicted octanol–water partition coefficient (Wildman–Crippen LogP) is 2.59. The van der Waals surface area contributed by atoms with Crippen LogP contribution in [0, 0.1) is 0 Å². The van der Waals surface area contributed by atoms with Crippen LogP contribution in [0.2, 0.25) is 0 Å². The summed E-state index contributed by atoms with van der Waals surface area (Å²) in [5, 5.41) is 9.04. The Labute approximate surface area is 102 Å². The first-order valence-electron chi connectivity index (χ1n) is 5.87. The van der Waals surface area contributed by atoms with Gasteiger partial charge >= 0.3 is 5.97 Å². The number of hydrogen-bond acceptors (Lipinski definition) is 3. The number of nitrogens with zero attached hydrogens (tertiary/aromatic N) is 1. The van der Waals surface area contributed by atoms with Crippen LogP contribution in [-0.2, 0) is 0 Å². The van der Waals surface area contributed by atoms with Crippen molar-refractivity contribution in [2.75, 3.05) is 17.2 Å². The summed E-state index contributed by atoms with van der Waals surface area (Å²) < 4.78 is 0. The highest BCUT2D eigenvalue weighted by molar-refractivity contribution is 5.97. The molecule has 0 atom stereocenters. The maximum absolute atomic E-state index is 11.0. The summed E-state index contributed by atoms with van der Waals surface area (Å²) in [6, 6.07) is 5.43. The highest BCUT2D eigenvalue weighted by atomic mass is 16.4. The standard InChI is InChI=1S/C13H20N2O2/c1-4-8-15(9(2)3)11-7-5-6-10(12(11)14)13(16)17/h5-7,9H,4,8,14H2,1-3H3,(H,16,17). The second kappa shape index (κ2) is 5.57. The van der Waals surface area contributed by atoms with E-state index in [0.29, 0.717) is 11.7 Å². The zero-order valence-corrected chi connectivity index (χ0v) is 10.6. The molecule has 4 nitrogen and oxygen atoms in total. The summed E-state index contributed by atoms with van der Waals surface area (Å²) in [5.74, 6) is -0.982. The normalized spacial score (nSPS) is 10.6. The van der Waals surface area contributed by atoms with Crippen molar-refractivity contribution in [3.05, 3.63) is 23.8 Å². The fraction of sp³-hybridized carbons (Fsp3) is 0.462. The van der Waals surface area contributed by atoms with Gasteiger partial charge in [0.2, 0.25) is 0 Å². The van der Waals surface area contributed by atoms with Crippen LogP contribution >= 0.6 is 0 Å². The molecular formula is C13H20N2O2. The molecule has 0 aliphatic heterocycles. The lowest BCUT2D eigenvalue weighted by Crippen LogP contribution is -2.32. The molecule has 0 fully saturated rings. The van der Waals surface area contributed by atoms with E-state index in [1.807, 2.05) is 6.07 Å². The largest absolute Gasteiger partial charge is 0.478 e. The summed E-state index contributed by atoms with van der Waals surface area (Å²) in [7, 11) is 0. The van der Waals surface area contributed by atoms with E-state index >= 15 is 0 Å². The molecule has 0 radical (unpaired) electrons. The minimum absolute atomic E-state index is 0.171. The van der Waals surface area contributed by atoms with Gasteiger partial charge in [-0.2, -0.15) is 0 Å². The van der Waals surface area contributed by atoms with Crippen molar-refractivity contribution < 1.29 is 9.90 Å². The monoisotopic (exact) mass is 236 g/mol. The Kier molecular flexibility index (Phi) is 4.37. The van der Waals surface area contributed by atoms with E-state index in [2.05, 4.69) is 25.7 Å². The number of hydrogen-bond donors (Lipinski definition) is 2. The summed E-state index contributed by atoms with van der Waals surface area (Å²) in [4.78, 5) is 13.2. The van der Waals surface area contributed by atoms with Crippen LogP contribution in [0.15, 0.2) is 18.2 Å². The zero-order chi connectivity index (χ0) is 13.0. The average molecular weight is 236 g/mol. The molecule has 17 heavy (non-hydrogen) atoms. The fourth-order valence-electron chi connectivity index (χ4n) is 1.89. The van der Waals surface area contributed by atoms with Gasteiger partial charge in [0, 0.05) is 12.6 Å². The molecule has 0 saturated heterocycles. The predicted molar refractivity (Wildman–Crippen MR) is 70.6 cm³/mol. The third kappa shape index (κ3) is 2.90. The van der Waals surface area contributed by atoms with Gasteiger partial charge in [0.05, 0.1) is 16.9 Å². The molecule has 1 aromatic rings. The second-order valence-corrected chi connectivity index (χ2v) is 4.33. The van der Waals surface area contributed by atoms with Crippen LogP contribution in [0.25, 0.3) is 0 Å². The van der Waals surface area contributed by atoms with Gasteiger partial charge in [0.1, 0.15) is 0 Å². The number of para-hydroxylation sites is 1. The van der Waals surface area contributed by atoms with E-state index in [1.165, 1.54) is 6.07 Å². The van der Waals surface area contributed by atoms with Crippen LogP contribution in [-0.4, -0.2) is 23.7 Å². The third-order valence-electron chi connectivity index (χ3n) is 2.71. The van der Waals surface area contributed by atoms with Gasteiger partial charge in [-0.3, -0.25) is 0 Å². The van der Waals surface area contributed by atoms with E-state index in [9.17, 15) is 4.79 Å². The quantitative estimate of drug-likeness (QED) is 0.771. The second-order valence-electron chi connectivity index (χ2n) is 4.33. The molecule has 0 amide bonds. The molecule has 4 heteroatoms. The summed E-state index contributed by atoms with van der Waals surface area (Å²) >= 11 is 0. The number of benzene rings is 1. The molecule has 94 valence electrons. The molecule has 3 N–H and O–H groups in total. The van der Waals surface area contributed by atoms with Gasteiger partial charge in [-0.05, 0) is 32.4 Å². The Hall–Kier alpha value is -1.71. The smallest absolute Gasteiger partial charge is 0.337 e. The molecule has 0 aliphatic rings. The van der Waals surface area contributed by atoms with Crippen LogP contribution in [0.1, 0.15) is 37.6 Å². The number of rotatable bonds is 5. The average Bonchev–Trinajstić information content (AvgIpc) is 2.26. The van der Waals surface area contributed by atoms with Crippen molar-refractivity contribution in [1.29, 1.82) is 0 Å². The van der Waals surface area contributed by atoms with Crippen molar-refractivity contribution in [3.63, 3.8) is 0 Å². The number of carboxylic acids is 1. The number of carboxylic acid groups (broad SMARTS) is 1. The molecule has 0 unspecified atom stereocenters. The summed E-state index contributed by atoms with van der Waals surface area (Å²) in [6.07, 6.45) is 0.995. The Morgan fingerprint density at radius 2 is 2.12 bits per heavy atom. The Morgan fingerprint density at radius 3 is 2.59 bits per heavy atom. The van der Waals surface area contributed by atoms with Crippen molar-refractivity contribution in [3.8, 4) is 0 Å². The lowest BCUT2D eigenvalue weighted by atomic mass is 10.1. The molecule has 0 aliphatic carbocycles. The molecule has 0 saturated carbocycles. The third-order valence-corrected chi connectivity index (χ3v) is 2.71. The Morgan fingerprint density at radius 1 is 1.47 bits per heavy atom. The first kappa shape index (κ1) is 13.4. The Bertz CT molecular complexity index is 402. The summed E-state index contributed by atoms with van der Waals surface area (Å²) in [6.45, 7) is 7.10. The maximum Gasteiger partial charge on any atom is 0.337 e. The molecule has 0 bridgehead atoms. The number of carbonyl (C=O) groups is 1. The molecule has 1 rings (SSSR count). The van der Waals surface area contributed by atoms with Gasteiger partial charge < -0.3 is 15.7 Å². The Balaban J connectivity index is 3.20. The molecular weight excluding hydrogens is 216 g/mol. The first-order chi connectivity index (χ1) is 7.99. The first-order valence-corrected chi connectivity index (χ1v) is 5.87. The van der Waals surface area contributed by atoms with Crippen LogP contribution in [0.4, 0.5) is 11.4 Å². The van der Waals surface area contributed by atoms with E-state index in [-0.39, 0.29) is 5.56 Å². The van der Waals surface area contributed by atoms with Crippen molar-refractivity contribution in [2.24, 2.45) is 0 Å². The highest BCUT2D eigenvalue weighted by Gasteiger charge is 2.17. The van der Waals surface area contributed by atoms with Crippen LogP contribution < -0.4 is 10.6 Å².